The van der Waals surface area contributed by atoms with E-state index in [1.165, 1.54) is 0 Å². The van der Waals surface area contributed by atoms with E-state index in [0.717, 1.165) is 23.1 Å². The van der Waals surface area contributed by atoms with Gasteiger partial charge in [-0.25, -0.2) is 0 Å². The molecule has 0 unspecified atom stereocenters. The SMILES string of the molecule is C=CCc1cc(C=NCCN)c(O)c(CC=C)c1. The van der Waals surface area contributed by atoms with E-state index in [0.29, 0.717) is 19.5 Å². The van der Waals surface area contributed by atoms with Gasteiger partial charge in [0.15, 0.2) is 0 Å². The largest absolute Gasteiger partial charge is 0.507 e. The Morgan fingerprint density at radius 3 is 2.56 bits per heavy atom. The van der Waals surface area contributed by atoms with E-state index < -0.39 is 0 Å². The van der Waals surface area contributed by atoms with Crippen molar-refractivity contribution in [1.29, 1.82) is 0 Å². The zero-order valence-corrected chi connectivity index (χ0v) is 10.6. The maximum Gasteiger partial charge on any atom is 0.127 e. The summed E-state index contributed by atoms with van der Waals surface area (Å²) >= 11 is 0. The van der Waals surface area contributed by atoms with Crippen LogP contribution in [0.2, 0.25) is 0 Å². The number of nitrogens with zero attached hydrogens (tertiary/aromatic N) is 1. The number of allylic oxidation sites excluding steroid dienone is 2. The lowest BCUT2D eigenvalue weighted by Gasteiger charge is -2.08. The Labute approximate surface area is 108 Å². The average molecular weight is 244 g/mol. The van der Waals surface area contributed by atoms with Crippen molar-refractivity contribution in [1.82, 2.24) is 0 Å². The van der Waals surface area contributed by atoms with Crippen LogP contribution in [0.25, 0.3) is 0 Å². The maximum absolute atomic E-state index is 10.1. The van der Waals surface area contributed by atoms with Crippen LogP contribution in [-0.4, -0.2) is 24.4 Å². The first-order valence-corrected chi connectivity index (χ1v) is 5.99. The number of phenolic OH excluding ortho intramolecular Hbond substituents is 1. The van der Waals surface area contributed by atoms with E-state index in [1.807, 2.05) is 18.2 Å². The van der Waals surface area contributed by atoms with Gasteiger partial charge in [-0.3, -0.25) is 4.99 Å². The smallest absolute Gasteiger partial charge is 0.127 e. The summed E-state index contributed by atoms with van der Waals surface area (Å²) in [6.07, 6.45) is 6.68. The number of aromatic hydroxyl groups is 1. The molecule has 0 aliphatic heterocycles. The molecule has 3 nitrogen and oxygen atoms in total. The van der Waals surface area contributed by atoms with Gasteiger partial charge in [-0.2, -0.15) is 0 Å². The van der Waals surface area contributed by atoms with Crippen LogP contribution in [-0.2, 0) is 12.8 Å². The minimum atomic E-state index is 0.267. The summed E-state index contributed by atoms with van der Waals surface area (Å²) in [4.78, 5) is 4.16. The normalized spacial score (nSPS) is 10.7. The highest BCUT2D eigenvalue weighted by molar-refractivity contribution is 5.84. The van der Waals surface area contributed by atoms with E-state index in [9.17, 15) is 5.11 Å². The van der Waals surface area contributed by atoms with Crippen LogP contribution in [0.1, 0.15) is 16.7 Å². The molecule has 0 saturated heterocycles. The molecule has 0 aliphatic rings. The lowest BCUT2D eigenvalue weighted by Crippen LogP contribution is -2.02. The molecule has 0 aromatic heterocycles. The molecule has 3 N–H and O–H groups in total. The van der Waals surface area contributed by atoms with Crippen molar-refractivity contribution in [3.8, 4) is 5.75 Å². The molecule has 0 spiro atoms. The van der Waals surface area contributed by atoms with Gasteiger partial charge in [0.05, 0.1) is 6.54 Å². The molecule has 0 aliphatic carbocycles. The van der Waals surface area contributed by atoms with Gasteiger partial charge in [-0.15, -0.1) is 13.2 Å². The van der Waals surface area contributed by atoms with Crippen molar-refractivity contribution < 1.29 is 5.11 Å². The first-order valence-electron chi connectivity index (χ1n) is 5.99. The van der Waals surface area contributed by atoms with Crippen molar-refractivity contribution in [3.63, 3.8) is 0 Å². The standard InChI is InChI=1S/C15H20N2O/c1-3-5-12-9-13(6-4-2)15(18)14(10-12)11-17-8-7-16/h3-4,9-11,18H,1-2,5-8,16H2. The topological polar surface area (TPSA) is 58.6 Å². The van der Waals surface area contributed by atoms with Gasteiger partial charge in [-0.05, 0) is 30.0 Å². The second kappa shape index (κ2) is 7.45. The van der Waals surface area contributed by atoms with Gasteiger partial charge < -0.3 is 10.8 Å². The summed E-state index contributed by atoms with van der Waals surface area (Å²) in [7, 11) is 0. The van der Waals surface area contributed by atoms with Gasteiger partial charge in [0.25, 0.3) is 0 Å². The molecule has 18 heavy (non-hydrogen) atoms. The molecule has 1 aromatic carbocycles. The van der Waals surface area contributed by atoms with Crippen LogP contribution in [0, 0.1) is 0 Å². The minimum Gasteiger partial charge on any atom is -0.507 e. The summed E-state index contributed by atoms with van der Waals surface area (Å²) in [5.74, 6) is 0.267. The number of hydrogen-bond donors (Lipinski definition) is 2. The fraction of sp³-hybridized carbons (Fsp3) is 0.267. The van der Waals surface area contributed by atoms with Gasteiger partial charge in [-0.1, -0.05) is 18.2 Å². The molecule has 1 rings (SSSR count). The molecule has 96 valence electrons. The quantitative estimate of drug-likeness (QED) is 0.571. The molecule has 0 atom stereocenters. The predicted molar refractivity (Wildman–Crippen MR) is 77.4 cm³/mol. The van der Waals surface area contributed by atoms with Crippen molar-refractivity contribution in [2.45, 2.75) is 12.8 Å². The fourth-order valence-corrected chi connectivity index (χ4v) is 1.72. The van der Waals surface area contributed by atoms with E-state index >= 15 is 0 Å². The van der Waals surface area contributed by atoms with Gasteiger partial charge >= 0.3 is 0 Å². The van der Waals surface area contributed by atoms with Crippen molar-refractivity contribution >= 4 is 6.21 Å². The summed E-state index contributed by atoms with van der Waals surface area (Å²) in [5, 5.41) is 10.1. The Morgan fingerprint density at radius 1 is 1.22 bits per heavy atom. The first-order chi connectivity index (χ1) is 8.72. The average Bonchev–Trinajstić information content (AvgIpc) is 2.35. The second-order valence-electron chi connectivity index (χ2n) is 4.00. The van der Waals surface area contributed by atoms with E-state index in [4.69, 9.17) is 5.73 Å². The van der Waals surface area contributed by atoms with Gasteiger partial charge in [0.2, 0.25) is 0 Å². The Morgan fingerprint density at radius 2 is 1.94 bits per heavy atom. The highest BCUT2D eigenvalue weighted by Crippen LogP contribution is 2.24. The van der Waals surface area contributed by atoms with Crippen LogP contribution >= 0.6 is 0 Å². The molecule has 0 saturated carbocycles. The van der Waals surface area contributed by atoms with Crippen molar-refractivity contribution in [2.75, 3.05) is 13.1 Å². The van der Waals surface area contributed by atoms with E-state index in [2.05, 4.69) is 18.2 Å². The molecule has 0 amide bonds. The molecule has 0 radical (unpaired) electrons. The third kappa shape index (κ3) is 3.86. The zero-order valence-electron chi connectivity index (χ0n) is 10.6. The monoisotopic (exact) mass is 244 g/mol. The van der Waals surface area contributed by atoms with Crippen molar-refractivity contribution in [3.05, 3.63) is 54.1 Å². The number of phenols is 1. The highest BCUT2D eigenvalue weighted by Gasteiger charge is 2.07. The number of aliphatic imine (C=N–C) groups is 1. The fourth-order valence-electron chi connectivity index (χ4n) is 1.72. The maximum atomic E-state index is 10.1. The Kier molecular flexibility index (Phi) is 5.88. The lowest BCUT2D eigenvalue weighted by atomic mass is 10.0. The zero-order chi connectivity index (χ0) is 13.4. The number of benzene rings is 1. The summed E-state index contributed by atoms with van der Waals surface area (Å²) in [6.45, 7) is 8.48. The Hall–Kier alpha value is -1.87. The summed E-state index contributed by atoms with van der Waals surface area (Å²) < 4.78 is 0. The van der Waals surface area contributed by atoms with E-state index in [1.54, 1.807) is 12.3 Å². The summed E-state index contributed by atoms with van der Waals surface area (Å²) in [5.41, 5.74) is 8.07. The van der Waals surface area contributed by atoms with Crippen molar-refractivity contribution in [2.24, 2.45) is 10.7 Å². The third-order valence-corrected chi connectivity index (χ3v) is 2.51. The number of hydrogen-bond acceptors (Lipinski definition) is 3. The van der Waals surface area contributed by atoms with Crippen LogP contribution < -0.4 is 5.73 Å². The molecule has 0 heterocycles. The van der Waals surface area contributed by atoms with Gasteiger partial charge in [0.1, 0.15) is 5.75 Å². The lowest BCUT2D eigenvalue weighted by molar-refractivity contribution is 0.468. The van der Waals surface area contributed by atoms with Gasteiger partial charge in [0, 0.05) is 18.3 Å². The Bertz CT molecular complexity index is 450. The molecule has 3 heteroatoms. The van der Waals surface area contributed by atoms with Crippen LogP contribution in [0.3, 0.4) is 0 Å². The summed E-state index contributed by atoms with van der Waals surface area (Å²) in [6, 6.07) is 3.89. The molecular weight excluding hydrogens is 224 g/mol. The van der Waals surface area contributed by atoms with Crippen LogP contribution in [0.4, 0.5) is 0 Å². The number of nitrogens with two attached hydrogens (primary N) is 1. The number of rotatable bonds is 7. The molecule has 0 fully saturated rings. The molecule has 0 bridgehead atoms. The molecular formula is C15H20N2O. The second-order valence-corrected chi connectivity index (χ2v) is 4.00. The predicted octanol–water partition coefficient (Wildman–Crippen LogP) is 2.23. The van der Waals surface area contributed by atoms with E-state index in [-0.39, 0.29) is 5.75 Å². The molecule has 1 aromatic rings. The van der Waals surface area contributed by atoms with Crippen LogP contribution in [0.15, 0.2) is 42.4 Å². The Balaban J connectivity index is 3.12. The third-order valence-electron chi connectivity index (χ3n) is 2.51. The van der Waals surface area contributed by atoms with Crippen LogP contribution in [0.5, 0.6) is 5.75 Å². The first kappa shape index (κ1) is 14.2. The minimum absolute atomic E-state index is 0.267. The highest BCUT2D eigenvalue weighted by atomic mass is 16.3.